The van der Waals surface area contributed by atoms with Crippen molar-refractivity contribution >= 4 is 49.0 Å². The van der Waals surface area contributed by atoms with Crippen molar-refractivity contribution in [2.75, 3.05) is 5.43 Å². The first-order chi connectivity index (χ1) is 10.6. The summed E-state index contributed by atoms with van der Waals surface area (Å²) in [6, 6.07) is 8.06. The van der Waals surface area contributed by atoms with Gasteiger partial charge < -0.3 is 0 Å². The smallest absolute Gasteiger partial charge is 0.158 e. The highest BCUT2D eigenvalue weighted by molar-refractivity contribution is 9.10. The van der Waals surface area contributed by atoms with Crippen LogP contribution in [0.1, 0.15) is 22.9 Å². The molecule has 0 unspecified atom stereocenters. The molecule has 0 radical (unpaired) electrons. The Morgan fingerprint density at radius 3 is 2.86 bits per heavy atom. The van der Waals surface area contributed by atoms with E-state index in [4.69, 9.17) is 0 Å². The van der Waals surface area contributed by atoms with Gasteiger partial charge in [-0.15, -0.1) is 11.3 Å². The molecule has 1 N–H and O–H groups in total. The minimum Gasteiger partial charge on any atom is -0.260 e. The fourth-order valence-corrected chi connectivity index (χ4v) is 3.58. The molecule has 2 aromatic heterocycles. The van der Waals surface area contributed by atoms with Gasteiger partial charge in [-0.3, -0.25) is 5.43 Å². The number of rotatable bonds is 3. The zero-order chi connectivity index (χ0) is 15.7. The van der Waals surface area contributed by atoms with Crippen LogP contribution in [-0.4, -0.2) is 15.7 Å². The van der Waals surface area contributed by atoms with Gasteiger partial charge in [0.1, 0.15) is 11.2 Å². The van der Waals surface area contributed by atoms with Crippen molar-refractivity contribution in [2.24, 2.45) is 5.10 Å². The number of aromatic nitrogens is 2. The summed E-state index contributed by atoms with van der Waals surface area (Å²) >= 11 is 5.16. The van der Waals surface area contributed by atoms with Crippen molar-refractivity contribution in [3.8, 4) is 0 Å². The SMILES string of the molecule is C/C(=N\Nc1ncnc2sc(C)c(C)c12)c1cccc(Br)c1. The zero-order valence-electron chi connectivity index (χ0n) is 12.5. The minimum absolute atomic E-state index is 0.751. The number of hydrogen-bond donors (Lipinski definition) is 1. The van der Waals surface area contributed by atoms with Crippen molar-refractivity contribution < 1.29 is 0 Å². The normalized spacial score (nSPS) is 11.9. The van der Waals surface area contributed by atoms with E-state index in [2.05, 4.69) is 50.3 Å². The Morgan fingerprint density at radius 1 is 1.27 bits per heavy atom. The lowest BCUT2D eigenvalue weighted by atomic mass is 10.1. The Hall–Kier alpha value is -1.79. The highest BCUT2D eigenvalue weighted by Gasteiger charge is 2.11. The third kappa shape index (κ3) is 2.89. The van der Waals surface area contributed by atoms with E-state index in [9.17, 15) is 0 Å². The van der Waals surface area contributed by atoms with Crippen LogP contribution in [0, 0.1) is 13.8 Å². The molecule has 1 aromatic carbocycles. The molecule has 0 aliphatic heterocycles. The van der Waals surface area contributed by atoms with Crippen molar-refractivity contribution in [1.29, 1.82) is 0 Å². The fourth-order valence-electron chi connectivity index (χ4n) is 2.18. The van der Waals surface area contributed by atoms with Gasteiger partial charge in [-0.1, -0.05) is 28.1 Å². The maximum atomic E-state index is 4.47. The van der Waals surface area contributed by atoms with E-state index >= 15 is 0 Å². The maximum Gasteiger partial charge on any atom is 0.158 e. The molecule has 0 saturated carbocycles. The summed E-state index contributed by atoms with van der Waals surface area (Å²) in [5, 5.41) is 5.52. The summed E-state index contributed by atoms with van der Waals surface area (Å²) in [5.74, 6) is 0.751. The Kier molecular flexibility index (Phi) is 4.22. The molecule has 0 saturated heterocycles. The summed E-state index contributed by atoms with van der Waals surface area (Å²) in [4.78, 5) is 10.9. The van der Waals surface area contributed by atoms with Gasteiger partial charge in [-0.25, -0.2) is 9.97 Å². The molecule has 0 amide bonds. The molecule has 4 nitrogen and oxygen atoms in total. The summed E-state index contributed by atoms with van der Waals surface area (Å²) in [7, 11) is 0. The Labute approximate surface area is 141 Å². The Balaban J connectivity index is 1.95. The molecule has 3 rings (SSSR count). The number of hydrogen-bond acceptors (Lipinski definition) is 5. The molecule has 112 valence electrons. The standard InChI is InChI=1S/C16H15BrN4S/c1-9-11(3)22-16-14(9)15(18-8-19-16)21-20-10(2)12-5-4-6-13(17)7-12/h4-8H,1-3H3,(H,18,19,21)/b20-10+. The zero-order valence-corrected chi connectivity index (χ0v) is 14.9. The van der Waals surface area contributed by atoms with Crippen molar-refractivity contribution in [3.05, 3.63) is 51.1 Å². The van der Waals surface area contributed by atoms with Gasteiger partial charge >= 0.3 is 0 Å². The first kappa shape index (κ1) is 15.1. The molecular formula is C16H15BrN4S. The average Bonchev–Trinajstić information content (AvgIpc) is 2.80. The lowest BCUT2D eigenvalue weighted by molar-refractivity contribution is 1.18. The second-order valence-electron chi connectivity index (χ2n) is 5.01. The number of hydrazone groups is 1. The summed E-state index contributed by atoms with van der Waals surface area (Å²) < 4.78 is 1.04. The van der Waals surface area contributed by atoms with E-state index in [0.717, 1.165) is 31.8 Å². The van der Waals surface area contributed by atoms with Gasteiger partial charge in [0.25, 0.3) is 0 Å². The lowest BCUT2D eigenvalue weighted by Crippen LogP contribution is -2.01. The molecule has 22 heavy (non-hydrogen) atoms. The van der Waals surface area contributed by atoms with Gasteiger partial charge in [-0.05, 0) is 44.0 Å². The topological polar surface area (TPSA) is 50.2 Å². The van der Waals surface area contributed by atoms with Crippen LogP contribution in [0.25, 0.3) is 10.2 Å². The van der Waals surface area contributed by atoms with E-state index in [0.29, 0.717) is 0 Å². The molecule has 3 aromatic rings. The van der Waals surface area contributed by atoms with Crippen LogP contribution >= 0.6 is 27.3 Å². The van der Waals surface area contributed by atoms with Crippen LogP contribution in [-0.2, 0) is 0 Å². The number of halogens is 1. The molecule has 0 aliphatic carbocycles. The van der Waals surface area contributed by atoms with Gasteiger partial charge in [0.15, 0.2) is 5.82 Å². The third-order valence-corrected chi connectivity index (χ3v) is 5.15. The summed E-state index contributed by atoms with van der Waals surface area (Å²) in [5.41, 5.74) is 6.26. The molecule has 0 bridgehead atoms. The molecule has 2 heterocycles. The van der Waals surface area contributed by atoms with E-state index < -0.39 is 0 Å². The van der Waals surface area contributed by atoms with Gasteiger partial charge in [0.2, 0.25) is 0 Å². The summed E-state index contributed by atoms with van der Waals surface area (Å²) in [6.45, 7) is 6.16. The molecule has 0 atom stereocenters. The van der Waals surface area contributed by atoms with Gasteiger partial charge in [-0.2, -0.15) is 5.10 Å². The van der Waals surface area contributed by atoms with Gasteiger partial charge in [0, 0.05) is 9.35 Å². The molecular weight excluding hydrogens is 360 g/mol. The van der Waals surface area contributed by atoms with E-state index in [1.165, 1.54) is 10.4 Å². The average molecular weight is 375 g/mol. The largest absolute Gasteiger partial charge is 0.260 e. The van der Waals surface area contributed by atoms with Crippen molar-refractivity contribution in [2.45, 2.75) is 20.8 Å². The second-order valence-corrected chi connectivity index (χ2v) is 7.12. The number of thiophene rings is 1. The molecule has 0 aliphatic rings. The quantitative estimate of drug-likeness (QED) is 0.523. The van der Waals surface area contributed by atoms with Crippen LogP contribution in [0.3, 0.4) is 0 Å². The van der Waals surface area contributed by atoms with E-state index in [-0.39, 0.29) is 0 Å². The first-order valence-electron chi connectivity index (χ1n) is 6.83. The molecule has 0 fully saturated rings. The van der Waals surface area contributed by atoms with Crippen LogP contribution in [0.5, 0.6) is 0 Å². The van der Waals surface area contributed by atoms with Crippen LogP contribution in [0.15, 0.2) is 40.2 Å². The molecule has 0 spiro atoms. The van der Waals surface area contributed by atoms with Crippen molar-refractivity contribution in [3.63, 3.8) is 0 Å². The maximum absolute atomic E-state index is 4.47. The Bertz CT molecular complexity index is 870. The highest BCUT2D eigenvalue weighted by atomic mass is 79.9. The fraction of sp³-hybridized carbons (Fsp3) is 0.188. The summed E-state index contributed by atoms with van der Waals surface area (Å²) in [6.07, 6.45) is 1.57. The van der Waals surface area contributed by atoms with Crippen LogP contribution in [0.2, 0.25) is 0 Å². The predicted molar refractivity (Wildman–Crippen MR) is 96.9 cm³/mol. The second kappa shape index (κ2) is 6.14. The number of fused-ring (bicyclic) bond motifs is 1. The van der Waals surface area contributed by atoms with Gasteiger partial charge in [0.05, 0.1) is 11.1 Å². The van der Waals surface area contributed by atoms with Crippen LogP contribution < -0.4 is 5.43 Å². The van der Waals surface area contributed by atoms with E-state index in [1.807, 2.05) is 31.2 Å². The number of anilines is 1. The highest BCUT2D eigenvalue weighted by Crippen LogP contribution is 2.32. The number of benzene rings is 1. The Morgan fingerprint density at radius 2 is 2.09 bits per heavy atom. The van der Waals surface area contributed by atoms with E-state index in [1.54, 1.807) is 17.7 Å². The first-order valence-corrected chi connectivity index (χ1v) is 8.44. The predicted octanol–water partition coefficient (Wildman–Crippen LogP) is 4.91. The van der Waals surface area contributed by atoms with Crippen molar-refractivity contribution in [1.82, 2.24) is 9.97 Å². The molecule has 6 heteroatoms. The monoisotopic (exact) mass is 374 g/mol. The minimum atomic E-state index is 0.751. The number of nitrogens with zero attached hydrogens (tertiary/aromatic N) is 3. The lowest BCUT2D eigenvalue weighted by Gasteiger charge is -2.05. The third-order valence-electron chi connectivity index (χ3n) is 3.54. The number of nitrogens with one attached hydrogen (secondary N) is 1. The van der Waals surface area contributed by atoms with Crippen LogP contribution in [0.4, 0.5) is 5.82 Å². The number of aryl methyl sites for hydroxylation is 2.